The Labute approximate surface area is 141 Å². The fourth-order valence-corrected chi connectivity index (χ4v) is 4.29. The highest BCUT2D eigenvalue weighted by Crippen LogP contribution is 2.17. The third-order valence-electron chi connectivity index (χ3n) is 3.76. The first-order valence-electron chi connectivity index (χ1n) is 7.32. The molecule has 0 bridgehead atoms. The molecular formula is C17H15N3OS2. The Morgan fingerprint density at radius 2 is 2.17 bits per heavy atom. The number of aromatic nitrogens is 1. The summed E-state index contributed by atoms with van der Waals surface area (Å²) in [6, 6.07) is 12.3. The molecule has 116 valence electrons. The van der Waals surface area contributed by atoms with Crippen molar-refractivity contribution in [1.82, 2.24) is 4.57 Å². The standard InChI is InChI=1S/C17H15N3OS2/c1-12-4-2-5-13(8-12)19-10-18-17-20(11-19)16(21)15(23-17)9-14-6-3-7-22-14/h2-9H,10-11H2,1H3/b15-9-. The minimum atomic E-state index is 0.0412. The van der Waals surface area contributed by atoms with Crippen molar-refractivity contribution in [2.75, 3.05) is 11.6 Å². The van der Waals surface area contributed by atoms with Gasteiger partial charge in [-0.15, -0.1) is 11.3 Å². The second-order valence-electron chi connectivity index (χ2n) is 5.46. The van der Waals surface area contributed by atoms with Crippen LogP contribution in [0.25, 0.3) is 6.08 Å². The maximum atomic E-state index is 12.6. The van der Waals surface area contributed by atoms with Crippen LogP contribution in [0.4, 0.5) is 5.69 Å². The molecule has 4 nitrogen and oxygen atoms in total. The zero-order valence-electron chi connectivity index (χ0n) is 12.6. The van der Waals surface area contributed by atoms with Gasteiger partial charge in [0.15, 0.2) is 4.80 Å². The Balaban J connectivity index is 1.74. The van der Waals surface area contributed by atoms with E-state index in [0.29, 0.717) is 13.3 Å². The van der Waals surface area contributed by atoms with Crippen molar-refractivity contribution in [3.05, 3.63) is 71.9 Å². The second-order valence-corrected chi connectivity index (χ2v) is 7.45. The molecule has 0 amide bonds. The summed E-state index contributed by atoms with van der Waals surface area (Å²) in [5.74, 6) is 0. The molecule has 0 radical (unpaired) electrons. The van der Waals surface area contributed by atoms with Gasteiger partial charge >= 0.3 is 0 Å². The minimum Gasteiger partial charge on any atom is -0.334 e. The highest BCUT2D eigenvalue weighted by Gasteiger charge is 2.15. The average Bonchev–Trinajstić information content (AvgIpc) is 3.17. The van der Waals surface area contributed by atoms with E-state index in [1.54, 1.807) is 15.9 Å². The molecular weight excluding hydrogens is 326 g/mol. The quantitative estimate of drug-likeness (QED) is 0.716. The molecule has 0 atom stereocenters. The van der Waals surface area contributed by atoms with Crippen LogP contribution in [0.3, 0.4) is 0 Å². The van der Waals surface area contributed by atoms with Crippen LogP contribution in [-0.2, 0) is 6.67 Å². The number of thiazole rings is 1. The third-order valence-corrected chi connectivity index (χ3v) is 5.62. The van der Waals surface area contributed by atoms with Gasteiger partial charge in [0.05, 0.1) is 4.53 Å². The van der Waals surface area contributed by atoms with Crippen molar-refractivity contribution < 1.29 is 0 Å². The Morgan fingerprint density at radius 3 is 2.96 bits per heavy atom. The molecule has 3 heterocycles. The van der Waals surface area contributed by atoms with E-state index in [1.807, 2.05) is 29.7 Å². The number of anilines is 1. The van der Waals surface area contributed by atoms with Crippen LogP contribution >= 0.6 is 22.7 Å². The topological polar surface area (TPSA) is 37.6 Å². The summed E-state index contributed by atoms with van der Waals surface area (Å²) in [5.41, 5.74) is 2.35. The Kier molecular flexibility index (Phi) is 3.63. The van der Waals surface area contributed by atoms with Crippen molar-refractivity contribution in [3.63, 3.8) is 0 Å². The Hall–Kier alpha value is -2.18. The fourth-order valence-electron chi connectivity index (χ4n) is 2.60. The average molecular weight is 341 g/mol. The summed E-state index contributed by atoms with van der Waals surface area (Å²) in [6.07, 6.45) is 1.95. The van der Waals surface area contributed by atoms with Gasteiger partial charge < -0.3 is 4.90 Å². The van der Waals surface area contributed by atoms with E-state index >= 15 is 0 Å². The number of rotatable bonds is 2. The molecule has 0 spiro atoms. The summed E-state index contributed by atoms with van der Waals surface area (Å²) in [6.45, 7) is 3.21. The van der Waals surface area contributed by atoms with E-state index in [2.05, 4.69) is 35.0 Å². The maximum Gasteiger partial charge on any atom is 0.271 e. The largest absolute Gasteiger partial charge is 0.334 e. The number of hydrogen-bond acceptors (Lipinski definition) is 5. The zero-order valence-corrected chi connectivity index (χ0v) is 14.2. The van der Waals surface area contributed by atoms with Crippen LogP contribution in [0.5, 0.6) is 0 Å². The zero-order chi connectivity index (χ0) is 15.8. The molecule has 0 saturated carbocycles. The molecule has 2 aromatic heterocycles. The lowest BCUT2D eigenvalue weighted by Crippen LogP contribution is -2.42. The summed E-state index contributed by atoms with van der Waals surface area (Å²) in [4.78, 5) is 21.2. The number of nitrogens with zero attached hydrogens (tertiary/aromatic N) is 3. The van der Waals surface area contributed by atoms with Crippen molar-refractivity contribution in [3.8, 4) is 0 Å². The van der Waals surface area contributed by atoms with Crippen LogP contribution in [-0.4, -0.2) is 11.2 Å². The first-order chi connectivity index (χ1) is 11.2. The Morgan fingerprint density at radius 1 is 1.26 bits per heavy atom. The summed E-state index contributed by atoms with van der Waals surface area (Å²) < 4.78 is 2.51. The number of aryl methyl sites for hydroxylation is 1. The van der Waals surface area contributed by atoms with E-state index in [0.717, 1.165) is 19.9 Å². The Bertz CT molecular complexity index is 1020. The highest BCUT2D eigenvalue weighted by atomic mass is 32.1. The molecule has 23 heavy (non-hydrogen) atoms. The van der Waals surface area contributed by atoms with Gasteiger partial charge in [0.1, 0.15) is 13.3 Å². The summed E-state index contributed by atoms with van der Waals surface area (Å²) >= 11 is 3.10. The second kappa shape index (κ2) is 5.79. The smallest absolute Gasteiger partial charge is 0.271 e. The SMILES string of the molecule is Cc1cccc(N2CN=c3s/c(=C\c4cccs4)c(=O)n3C2)c1. The molecule has 0 aliphatic carbocycles. The van der Waals surface area contributed by atoms with E-state index in [4.69, 9.17) is 0 Å². The molecule has 3 aromatic rings. The number of benzene rings is 1. The number of hydrogen-bond donors (Lipinski definition) is 0. The van der Waals surface area contributed by atoms with Crippen molar-refractivity contribution >= 4 is 34.4 Å². The van der Waals surface area contributed by atoms with Crippen molar-refractivity contribution in [1.29, 1.82) is 0 Å². The molecule has 0 unspecified atom stereocenters. The van der Waals surface area contributed by atoms with Gasteiger partial charge in [-0.05, 0) is 42.1 Å². The molecule has 1 aromatic carbocycles. The van der Waals surface area contributed by atoms with Gasteiger partial charge in [0.2, 0.25) is 0 Å². The van der Waals surface area contributed by atoms with Crippen LogP contribution < -0.4 is 19.8 Å². The molecule has 1 aliphatic heterocycles. The van der Waals surface area contributed by atoms with Gasteiger partial charge in [0, 0.05) is 10.6 Å². The third kappa shape index (κ3) is 2.75. The molecule has 0 fully saturated rings. The lowest BCUT2D eigenvalue weighted by molar-refractivity contribution is 0.569. The number of thiophene rings is 1. The first kappa shape index (κ1) is 14.4. The monoisotopic (exact) mass is 341 g/mol. The lowest BCUT2D eigenvalue weighted by atomic mass is 10.2. The molecule has 0 N–H and O–H groups in total. The van der Waals surface area contributed by atoms with E-state index < -0.39 is 0 Å². The maximum absolute atomic E-state index is 12.6. The van der Waals surface area contributed by atoms with Crippen molar-refractivity contribution in [2.24, 2.45) is 4.99 Å². The van der Waals surface area contributed by atoms with Crippen LogP contribution in [0.2, 0.25) is 0 Å². The minimum absolute atomic E-state index is 0.0412. The van der Waals surface area contributed by atoms with Gasteiger partial charge in [0.25, 0.3) is 5.56 Å². The molecule has 1 aliphatic rings. The predicted molar refractivity (Wildman–Crippen MR) is 95.8 cm³/mol. The van der Waals surface area contributed by atoms with Gasteiger partial charge in [-0.3, -0.25) is 9.36 Å². The van der Waals surface area contributed by atoms with Gasteiger partial charge in [-0.25, -0.2) is 4.99 Å². The van der Waals surface area contributed by atoms with Crippen molar-refractivity contribution in [2.45, 2.75) is 13.6 Å². The normalized spacial score (nSPS) is 14.7. The van der Waals surface area contributed by atoms with E-state index in [9.17, 15) is 4.79 Å². The fraction of sp³-hybridized carbons (Fsp3) is 0.176. The molecule has 0 saturated heterocycles. The van der Waals surface area contributed by atoms with E-state index in [1.165, 1.54) is 16.9 Å². The first-order valence-corrected chi connectivity index (χ1v) is 9.01. The summed E-state index contributed by atoms with van der Waals surface area (Å²) in [7, 11) is 0. The highest BCUT2D eigenvalue weighted by molar-refractivity contribution is 7.11. The van der Waals surface area contributed by atoms with Crippen LogP contribution in [0.1, 0.15) is 10.4 Å². The number of fused-ring (bicyclic) bond motifs is 1. The molecule has 4 rings (SSSR count). The van der Waals surface area contributed by atoms with Gasteiger partial charge in [-0.1, -0.05) is 29.5 Å². The van der Waals surface area contributed by atoms with E-state index in [-0.39, 0.29) is 5.56 Å². The van der Waals surface area contributed by atoms with Crippen LogP contribution in [0.15, 0.2) is 51.6 Å². The van der Waals surface area contributed by atoms with Gasteiger partial charge in [-0.2, -0.15) is 0 Å². The van der Waals surface area contributed by atoms with Crippen LogP contribution in [0, 0.1) is 6.92 Å². The lowest BCUT2D eigenvalue weighted by Gasteiger charge is -2.25. The molecule has 6 heteroatoms. The summed E-state index contributed by atoms with van der Waals surface area (Å²) in [5, 5.41) is 2.01. The predicted octanol–water partition coefficient (Wildman–Crippen LogP) is 2.16.